The standard InChI is InChI=1S/C19H22N2O3/c1-4-21(5-2)19(23)15-7-6-8-16(13-15)20-18(22)12-11-17-10-9-14(3)24-17/h6-13H,4-5H2,1-3H3,(H,20,22). The van der Waals surface area contributed by atoms with Gasteiger partial charge in [-0.15, -0.1) is 0 Å². The van der Waals surface area contributed by atoms with Crippen molar-refractivity contribution < 1.29 is 14.0 Å². The number of rotatable bonds is 6. The van der Waals surface area contributed by atoms with Gasteiger partial charge in [-0.1, -0.05) is 6.07 Å². The number of hydrogen-bond acceptors (Lipinski definition) is 3. The number of furan rings is 1. The van der Waals surface area contributed by atoms with Crippen molar-refractivity contribution in [3.8, 4) is 0 Å². The second-order valence-electron chi connectivity index (χ2n) is 5.33. The summed E-state index contributed by atoms with van der Waals surface area (Å²) < 4.78 is 5.37. The van der Waals surface area contributed by atoms with Gasteiger partial charge in [-0.3, -0.25) is 9.59 Å². The second kappa shape index (κ2) is 8.15. The molecule has 2 rings (SSSR count). The molecule has 0 radical (unpaired) electrons. The summed E-state index contributed by atoms with van der Waals surface area (Å²) in [6.45, 7) is 7.02. The van der Waals surface area contributed by atoms with E-state index in [1.54, 1.807) is 41.3 Å². The Morgan fingerprint density at radius 1 is 1.17 bits per heavy atom. The van der Waals surface area contributed by atoms with Crippen molar-refractivity contribution in [1.82, 2.24) is 4.90 Å². The second-order valence-corrected chi connectivity index (χ2v) is 5.33. The van der Waals surface area contributed by atoms with E-state index >= 15 is 0 Å². The number of carbonyl (C=O) groups excluding carboxylic acids is 2. The Morgan fingerprint density at radius 3 is 2.54 bits per heavy atom. The van der Waals surface area contributed by atoms with Crippen LogP contribution in [0.2, 0.25) is 0 Å². The zero-order valence-electron chi connectivity index (χ0n) is 14.2. The molecule has 0 saturated heterocycles. The molecule has 2 amide bonds. The summed E-state index contributed by atoms with van der Waals surface area (Å²) in [5, 5.41) is 2.75. The molecule has 0 aliphatic heterocycles. The van der Waals surface area contributed by atoms with Crippen molar-refractivity contribution in [2.45, 2.75) is 20.8 Å². The lowest BCUT2D eigenvalue weighted by atomic mass is 10.1. The number of carbonyl (C=O) groups is 2. The van der Waals surface area contributed by atoms with Crippen molar-refractivity contribution >= 4 is 23.6 Å². The molecule has 24 heavy (non-hydrogen) atoms. The summed E-state index contributed by atoms with van der Waals surface area (Å²) in [7, 11) is 0. The van der Waals surface area contributed by atoms with Gasteiger partial charge in [0.05, 0.1) is 0 Å². The number of anilines is 1. The van der Waals surface area contributed by atoms with Crippen LogP contribution in [0.4, 0.5) is 5.69 Å². The lowest BCUT2D eigenvalue weighted by Gasteiger charge is -2.18. The van der Waals surface area contributed by atoms with Crippen LogP contribution in [0.3, 0.4) is 0 Å². The molecule has 0 unspecified atom stereocenters. The average molecular weight is 326 g/mol. The lowest BCUT2D eigenvalue weighted by Crippen LogP contribution is -2.30. The Labute approximate surface area is 142 Å². The number of amides is 2. The number of aryl methyl sites for hydroxylation is 1. The fourth-order valence-corrected chi connectivity index (χ4v) is 2.31. The third-order valence-corrected chi connectivity index (χ3v) is 3.59. The Hall–Kier alpha value is -2.82. The molecule has 0 fully saturated rings. The van der Waals surface area contributed by atoms with Crippen molar-refractivity contribution in [3.05, 3.63) is 59.6 Å². The third kappa shape index (κ3) is 4.59. The molecule has 0 aliphatic rings. The minimum absolute atomic E-state index is 0.0438. The van der Waals surface area contributed by atoms with E-state index in [-0.39, 0.29) is 11.8 Å². The zero-order valence-corrected chi connectivity index (χ0v) is 14.2. The number of nitrogens with zero attached hydrogens (tertiary/aromatic N) is 1. The molecular formula is C19H22N2O3. The van der Waals surface area contributed by atoms with Crippen LogP contribution in [-0.2, 0) is 4.79 Å². The highest BCUT2D eigenvalue weighted by Gasteiger charge is 2.12. The van der Waals surface area contributed by atoms with Crippen LogP contribution in [0.15, 0.2) is 46.9 Å². The van der Waals surface area contributed by atoms with Crippen LogP contribution < -0.4 is 5.32 Å². The zero-order chi connectivity index (χ0) is 17.5. The SMILES string of the molecule is CCN(CC)C(=O)c1cccc(NC(=O)C=Cc2ccc(C)o2)c1. The van der Waals surface area contributed by atoms with E-state index < -0.39 is 0 Å². The van der Waals surface area contributed by atoms with E-state index in [0.29, 0.717) is 30.1 Å². The molecule has 1 N–H and O–H groups in total. The molecule has 2 aromatic rings. The van der Waals surface area contributed by atoms with Gasteiger partial charge in [-0.25, -0.2) is 0 Å². The molecule has 0 spiro atoms. The summed E-state index contributed by atoms with van der Waals surface area (Å²) in [6, 6.07) is 10.6. The Balaban J connectivity index is 2.04. The van der Waals surface area contributed by atoms with Gasteiger partial charge < -0.3 is 14.6 Å². The molecule has 1 aromatic carbocycles. The van der Waals surface area contributed by atoms with Gasteiger partial charge in [0, 0.05) is 30.4 Å². The number of nitrogens with one attached hydrogen (secondary N) is 1. The maximum absolute atomic E-state index is 12.3. The van der Waals surface area contributed by atoms with Crippen LogP contribution in [0, 0.1) is 6.92 Å². The molecule has 126 valence electrons. The van der Waals surface area contributed by atoms with Gasteiger partial charge in [0.1, 0.15) is 11.5 Å². The van der Waals surface area contributed by atoms with Crippen LogP contribution in [-0.4, -0.2) is 29.8 Å². The van der Waals surface area contributed by atoms with E-state index in [2.05, 4.69) is 5.32 Å². The van der Waals surface area contributed by atoms with Gasteiger partial charge in [0.2, 0.25) is 5.91 Å². The van der Waals surface area contributed by atoms with Crippen LogP contribution in [0.25, 0.3) is 6.08 Å². The molecular weight excluding hydrogens is 304 g/mol. The normalized spacial score (nSPS) is 10.8. The topological polar surface area (TPSA) is 62.6 Å². The van der Waals surface area contributed by atoms with Gasteiger partial charge >= 0.3 is 0 Å². The Morgan fingerprint density at radius 2 is 1.92 bits per heavy atom. The van der Waals surface area contributed by atoms with Crippen LogP contribution >= 0.6 is 0 Å². The fraction of sp³-hybridized carbons (Fsp3) is 0.263. The van der Waals surface area contributed by atoms with Crippen molar-refractivity contribution in [1.29, 1.82) is 0 Å². The third-order valence-electron chi connectivity index (χ3n) is 3.59. The molecule has 0 atom stereocenters. The van der Waals surface area contributed by atoms with E-state index in [1.807, 2.05) is 26.8 Å². The molecule has 1 heterocycles. The highest BCUT2D eigenvalue weighted by atomic mass is 16.3. The minimum Gasteiger partial charge on any atom is -0.462 e. The first-order chi connectivity index (χ1) is 11.5. The smallest absolute Gasteiger partial charge is 0.253 e. The first kappa shape index (κ1) is 17.5. The molecule has 0 bridgehead atoms. The number of benzene rings is 1. The van der Waals surface area contributed by atoms with E-state index in [4.69, 9.17) is 4.42 Å². The Kier molecular flexibility index (Phi) is 5.95. The van der Waals surface area contributed by atoms with E-state index in [1.165, 1.54) is 6.08 Å². The van der Waals surface area contributed by atoms with Gasteiger partial charge in [0.25, 0.3) is 5.91 Å². The highest BCUT2D eigenvalue weighted by Crippen LogP contribution is 2.13. The molecule has 5 nitrogen and oxygen atoms in total. The molecule has 5 heteroatoms. The van der Waals surface area contributed by atoms with Gasteiger partial charge in [-0.05, 0) is 57.2 Å². The first-order valence-electron chi connectivity index (χ1n) is 7.98. The summed E-state index contributed by atoms with van der Waals surface area (Å²) >= 11 is 0. The summed E-state index contributed by atoms with van der Waals surface area (Å²) in [5.74, 6) is 1.08. The Bertz CT molecular complexity index is 743. The fourth-order valence-electron chi connectivity index (χ4n) is 2.31. The first-order valence-corrected chi connectivity index (χ1v) is 7.98. The minimum atomic E-state index is -0.281. The predicted octanol–water partition coefficient (Wildman–Crippen LogP) is 3.72. The lowest BCUT2D eigenvalue weighted by molar-refractivity contribution is -0.111. The summed E-state index contributed by atoms with van der Waals surface area (Å²) in [6.07, 6.45) is 3.00. The monoisotopic (exact) mass is 326 g/mol. The van der Waals surface area contributed by atoms with Gasteiger partial charge in [-0.2, -0.15) is 0 Å². The quantitative estimate of drug-likeness (QED) is 0.823. The van der Waals surface area contributed by atoms with Gasteiger partial charge in [0.15, 0.2) is 0 Å². The summed E-state index contributed by atoms with van der Waals surface area (Å²) in [5.41, 5.74) is 1.14. The average Bonchev–Trinajstić information content (AvgIpc) is 3.00. The molecule has 1 aromatic heterocycles. The van der Waals surface area contributed by atoms with Crippen molar-refractivity contribution in [3.63, 3.8) is 0 Å². The van der Waals surface area contributed by atoms with Crippen molar-refractivity contribution in [2.24, 2.45) is 0 Å². The maximum atomic E-state index is 12.3. The van der Waals surface area contributed by atoms with E-state index in [0.717, 1.165) is 5.76 Å². The maximum Gasteiger partial charge on any atom is 0.253 e. The summed E-state index contributed by atoms with van der Waals surface area (Å²) in [4.78, 5) is 26.1. The molecule has 0 aliphatic carbocycles. The van der Waals surface area contributed by atoms with E-state index in [9.17, 15) is 9.59 Å². The van der Waals surface area contributed by atoms with Crippen LogP contribution in [0.5, 0.6) is 0 Å². The molecule has 0 saturated carbocycles. The largest absolute Gasteiger partial charge is 0.462 e. The number of hydrogen-bond donors (Lipinski definition) is 1. The van der Waals surface area contributed by atoms with Crippen molar-refractivity contribution in [2.75, 3.05) is 18.4 Å². The highest BCUT2D eigenvalue weighted by molar-refractivity contribution is 6.03. The van der Waals surface area contributed by atoms with Crippen LogP contribution in [0.1, 0.15) is 35.7 Å². The predicted molar refractivity (Wildman–Crippen MR) is 94.8 cm³/mol.